The molecular formula is C24H28ClNO3. The molecule has 5 heteroatoms. The predicted octanol–water partition coefficient (Wildman–Crippen LogP) is 5.04. The molecule has 4 nitrogen and oxygen atoms in total. The Labute approximate surface area is 179 Å². The van der Waals surface area contributed by atoms with Crippen molar-refractivity contribution in [1.82, 2.24) is 5.32 Å². The summed E-state index contributed by atoms with van der Waals surface area (Å²) in [7, 11) is 3.31. The molecule has 3 aromatic rings. The van der Waals surface area contributed by atoms with Gasteiger partial charge >= 0.3 is 0 Å². The van der Waals surface area contributed by atoms with E-state index in [4.69, 9.17) is 14.2 Å². The molecule has 0 aromatic heterocycles. The SMILES string of the molecule is COc1ccc(CCNCc2ccccc2OCc2ccccc2)cc1OC.Cl. The van der Waals surface area contributed by atoms with E-state index >= 15 is 0 Å². The van der Waals surface area contributed by atoms with E-state index < -0.39 is 0 Å². The number of methoxy groups -OCH3 is 2. The highest BCUT2D eigenvalue weighted by Crippen LogP contribution is 2.27. The number of rotatable bonds is 10. The van der Waals surface area contributed by atoms with Gasteiger partial charge in [0, 0.05) is 12.1 Å². The molecule has 0 amide bonds. The van der Waals surface area contributed by atoms with Crippen molar-refractivity contribution in [3.63, 3.8) is 0 Å². The first kappa shape index (κ1) is 22.6. The van der Waals surface area contributed by atoms with E-state index in [-0.39, 0.29) is 12.4 Å². The second kappa shape index (κ2) is 12.0. The molecule has 0 saturated carbocycles. The zero-order chi connectivity index (χ0) is 19.6. The van der Waals surface area contributed by atoms with Crippen LogP contribution in [0.1, 0.15) is 16.7 Å². The molecule has 0 heterocycles. The minimum Gasteiger partial charge on any atom is -0.493 e. The molecule has 3 rings (SSSR count). The molecule has 154 valence electrons. The number of benzene rings is 3. The fourth-order valence-corrected chi connectivity index (χ4v) is 3.02. The Morgan fingerprint density at radius 2 is 1.45 bits per heavy atom. The molecular weight excluding hydrogens is 386 g/mol. The minimum absolute atomic E-state index is 0. The highest BCUT2D eigenvalue weighted by molar-refractivity contribution is 5.85. The van der Waals surface area contributed by atoms with Gasteiger partial charge in [-0.05, 0) is 42.3 Å². The van der Waals surface area contributed by atoms with Gasteiger partial charge < -0.3 is 19.5 Å². The Morgan fingerprint density at radius 1 is 0.724 bits per heavy atom. The van der Waals surface area contributed by atoms with Gasteiger partial charge in [0.1, 0.15) is 12.4 Å². The number of hydrogen-bond donors (Lipinski definition) is 1. The van der Waals surface area contributed by atoms with E-state index in [1.807, 2.05) is 48.5 Å². The molecule has 0 aliphatic carbocycles. The van der Waals surface area contributed by atoms with Crippen molar-refractivity contribution in [1.29, 1.82) is 0 Å². The third kappa shape index (κ3) is 6.70. The maximum Gasteiger partial charge on any atom is 0.160 e. The molecule has 0 atom stereocenters. The molecule has 0 radical (unpaired) electrons. The molecule has 0 spiro atoms. The van der Waals surface area contributed by atoms with Crippen molar-refractivity contribution in [2.45, 2.75) is 19.6 Å². The fraction of sp³-hybridized carbons (Fsp3) is 0.250. The van der Waals surface area contributed by atoms with Gasteiger partial charge in [-0.3, -0.25) is 0 Å². The van der Waals surface area contributed by atoms with Crippen molar-refractivity contribution in [2.75, 3.05) is 20.8 Å². The number of halogens is 1. The van der Waals surface area contributed by atoms with Crippen LogP contribution in [0.2, 0.25) is 0 Å². The lowest BCUT2D eigenvalue weighted by Crippen LogP contribution is -2.17. The van der Waals surface area contributed by atoms with E-state index in [2.05, 4.69) is 29.6 Å². The fourth-order valence-electron chi connectivity index (χ4n) is 3.02. The summed E-state index contributed by atoms with van der Waals surface area (Å²) in [5, 5.41) is 3.50. The second-order valence-electron chi connectivity index (χ2n) is 6.50. The first-order valence-corrected chi connectivity index (χ1v) is 9.46. The molecule has 0 saturated heterocycles. The average Bonchev–Trinajstić information content (AvgIpc) is 2.76. The Hall–Kier alpha value is -2.69. The molecule has 29 heavy (non-hydrogen) atoms. The van der Waals surface area contributed by atoms with Crippen LogP contribution >= 0.6 is 12.4 Å². The molecule has 3 aromatic carbocycles. The first-order chi connectivity index (χ1) is 13.8. The quantitative estimate of drug-likeness (QED) is 0.473. The normalized spacial score (nSPS) is 10.1. The van der Waals surface area contributed by atoms with Gasteiger partial charge in [-0.2, -0.15) is 0 Å². The van der Waals surface area contributed by atoms with E-state index in [0.717, 1.165) is 42.3 Å². The van der Waals surface area contributed by atoms with Gasteiger partial charge in [-0.1, -0.05) is 54.6 Å². The van der Waals surface area contributed by atoms with Gasteiger partial charge in [0.05, 0.1) is 14.2 Å². The lowest BCUT2D eigenvalue weighted by molar-refractivity contribution is 0.302. The largest absolute Gasteiger partial charge is 0.493 e. The van der Waals surface area contributed by atoms with Gasteiger partial charge in [0.15, 0.2) is 11.5 Å². The van der Waals surface area contributed by atoms with Crippen molar-refractivity contribution < 1.29 is 14.2 Å². The summed E-state index contributed by atoms with van der Waals surface area (Å²) in [5.41, 5.74) is 3.53. The number of para-hydroxylation sites is 1. The zero-order valence-corrected chi connectivity index (χ0v) is 17.7. The maximum atomic E-state index is 6.02. The summed E-state index contributed by atoms with van der Waals surface area (Å²) < 4.78 is 16.7. The van der Waals surface area contributed by atoms with E-state index in [9.17, 15) is 0 Å². The van der Waals surface area contributed by atoms with Crippen LogP contribution in [0.25, 0.3) is 0 Å². The molecule has 0 aliphatic heterocycles. The molecule has 1 N–H and O–H groups in total. The van der Waals surface area contributed by atoms with Gasteiger partial charge in [-0.15, -0.1) is 12.4 Å². The van der Waals surface area contributed by atoms with Gasteiger partial charge in [-0.25, -0.2) is 0 Å². The number of ether oxygens (including phenoxy) is 3. The van der Waals surface area contributed by atoms with Crippen LogP contribution in [0.3, 0.4) is 0 Å². The van der Waals surface area contributed by atoms with Gasteiger partial charge in [0.2, 0.25) is 0 Å². The predicted molar refractivity (Wildman–Crippen MR) is 119 cm³/mol. The van der Waals surface area contributed by atoms with Crippen molar-refractivity contribution in [3.05, 3.63) is 89.5 Å². The van der Waals surface area contributed by atoms with Crippen LogP contribution in [0.15, 0.2) is 72.8 Å². The van der Waals surface area contributed by atoms with Crippen LogP contribution in [0.5, 0.6) is 17.2 Å². The third-order valence-corrected chi connectivity index (χ3v) is 4.56. The summed E-state index contributed by atoms with van der Waals surface area (Å²) in [5.74, 6) is 2.44. The smallest absolute Gasteiger partial charge is 0.160 e. The van der Waals surface area contributed by atoms with Gasteiger partial charge in [0.25, 0.3) is 0 Å². The first-order valence-electron chi connectivity index (χ1n) is 9.46. The summed E-state index contributed by atoms with van der Waals surface area (Å²) >= 11 is 0. The lowest BCUT2D eigenvalue weighted by Gasteiger charge is -2.13. The number of hydrogen-bond acceptors (Lipinski definition) is 4. The van der Waals surface area contributed by atoms with E-state index in [1.165, 1.54) is 11.1 Å². The Kier molecular flexibility index (Phi) is 9.35. The van der Waals surface area contributed by atoms with Crippen LogP contribution in [0, 0.1) is 0 Å². The summed E-state index contributed by atoms with van der Waals surface area (Å²) in [6.07, 6.45) is 0.910. The third-order valence-electron chi connectivity index (χ3n) is 4.56. The molecule has 0 fully saturated rings. The van der Waals surface area contributed by atoms with Crippen molar-refractivity contribution >= 4 is 12.4 Å². The Bertz CT molecular complexity index is 871. The topological polar surface area (TPSA) is 39.7 Å². The lowest BCUT2D eigenvalue weighted by atomic mass is 10.1. The highest BCUT2D eigenvalue weighted by atomic mass is 35.5. The summed E-state index contributed by atoms with van der Waals surface area (Å²) in [4.78, 5) is 0. The molecule has 0 unspecified atom stereocenters. The highest BCUT2D eigenvalue weighted by Gasteiger charge is 2.06. The van der Waals surface area contributed by atoms with Crippen LogP contribution in [-0.2, 0) is 19.6 Å². The summed E-state index contributed by atoms with van der Waals surface area (Å²) in [6.45, 7) is 2.20. The van der Waals surface area contributed by atoms with Crippen LogP contribution in [-0.4, -0.2) is 20.8 Å². The Morgan fingerprint density at radius 3 is 2.21 bits per heavy atom. The van der Waals surface area contributed by atoms with Crippen LogP contribution in [0.4, 0.5) is 0 Å². The average molecular weight is 414 g/mol. The monoisotopic (exact) mass is 413 g/mol. The second-order valence-corrected chi connectivity index (χ2v) is 6.50. The Balaban J connectivity index is 0.00000300. The van der Waals surface area contributed by atoms with E-state index in [1.54, 1.807) is 14.2 Å². The zero-order valence-electron chi connectivity index (χ0n) is 16.9. The molecule has 0 aliphatic rings. The van der Waals surface area contributed by atoms with Crippen molar-refractivity contribution in [2.24, 2.45) is 0 Å². The summed E-state index contributed by atoms with van der Waals surface area (Å²) in [6, 6.07) is 24.4. The maximum absolute atomic E-state index is 6.02. The number of nitrogens with one attached hydrogen (secondary N) is 1. The minimum atomic E-state index is 0. The van der Waals surface area contributed by atoms with Crippen LogP contribution < -0.4 is 19.5 Å². The van der Waals surface area contributed by atoms with E-state index in [0.29, 0.717) is 6.61 Å². The molecule has 0 bridgehead atoms. The standard InChI is InChI=1S/C24H27NO3.ClH/c1-26-23-13-12-19(16-24(23)27-2)14-15-25-17-21-10-6-7-11-22(21)28-18-20-8-4-3-5-9-20;/h3-13,16,25H,14-15,17-18H2,1-2H3;1H. The van der Waals surface area contributed by atoms with Crippen molar-refractivity contribution in [3.8, 4) is 17.2 Å².